The lowest BCUT2D eigenvalue weighted by atomic mass is 9.99. The van der Waals surface area contributed by atoms with Gasteiger partial charge in [0.15, 0.2) is 11.6 Å². The number of hydrogen-bond acceptors (Lipinski definition) is 4. The van der Waals surface area contributed by atoms with E-state index in [4.69, 9.17) is 9.47 Å². The Morgan fingerprint density at radius 2 is 1.14 bits per heavy atom. The number of hydrogen-bond donors (Lipinski definition) is 2. The molecule has 0 saturated carbocycles. The van der Waals surface area contributed by atoms with Gasteiger partial charge in [-0.15, -0.1) is 0 Å². The van der Waals surface area contributed by atoms with Crippen molar-refractivity contribution in [1.82, 2.24) is 0 Å². The van der Waals surface area contributed by atoms with Crippen LogP contribution in [0.2, 0.25) is 0 Å². The van der Waals surface area contributed by atoms with Gasteiger partial charge in [0.25, 0.3) is 0 Å². The molecule has 0 radical (unpaired) electrons. The maximum atomic E-state index is 9.90. The molecule has 84 valence electrons. The van der Waals surface area contributed by atoms with Crippen molar-refractivity contribution in [2.45, 2.75) is 39.3 Å². The summed E-state index contributed by atoms with van der Waals surface area (Å²) in [6.45, 7) is 7.43. The van der Waals surface area contributed by atoms with Crippen LogP contribution in [0.1, 0.15) is 27.7 Å². The van der Waals surface area contributed by atoms with E-state index in [1.54, 1.807) is 0 Å². The van der Waals surface area contributed by atoms with Gasteiger partial charge in [-0.1, -0.05) is 27.7 Å². The molecule has 2 unspecified atom stereocenters. The molecular weight excluding hydrogens is 184 g/mol. The van der Waals surface area contributed by atoms with E-state index < -0.39 is 11.6 Å². The average molecular weight is 204 g/mol. The van der Waals surface area contributed by atoms with Crippen LogP contribution in [0.4, 0.5) is 0 Å². The molecule has 2 N–H and O–H groups in total. The monoisotopic (exact) mass is 204 g/mol. The summed E-state index contributed by atoms with van der Waals surface area (Å²) in [4.78, 5) is 0. The highest BCUT2D eigenvalue weighted by molar-refractivity contribution is 4.82. The average Bonchev–Trinajstić information content (AvgIpc) is 2.10. The van der Waals surface area contributed by atoms with Crippen LogP contribution in [0.5, 0.6) is 0 Å². The highest BCUT2D eigenvalue weighted by atomic mass is 16.7. The minimum absolute atomic E-state index is 0.0132. The Kier molecular flexibility index (Phi) is 3.21. The van der Waals surface area contributed by atoms with Crippen molar-refractivity contribution < 1.29 is 19.7 Å². The molecule has 0 aromatic rings. The van der Waals surface area contributed by atoms with E-state index in [0.717, 1.165) is 0 Å². The van der Waals surface area contributed by atoms with Gasteiger partial charge in [0.05, 0.1) is 0 Å². The van der Waals surface area contributed by atoms with Crippen molar-refractivity contribution in [2.24, 2.45) is 11.8 Å². The molecule has 0 bridgehead atoms. The molecule has 1 aliphatic heterocycles. The second kappa shape index (κ2) is 3.77. The summed E-state index contributed by atoms with van der Waals surface area (Å²) in [6.07, 6.45) is 0. The molecule has 0 aromatic heterocycles. The zero-order chi connectivity index (χ0) is 11.0. The smallest absolute Gasteiger partial charge is 0.192 e. The Morgan fingerprint density at radius 3 is 1.29 bits per heavy atom. The van der Waals surface area contributed by atoms with E-state index in [9.17, 15) is 10.2 Å². The van der Waals surface area contributed by atoms with E-state index in [0.29, 0.717) is 0 Å². The molecule has 1 fully saturated rings. The Morgan fingerprint density at radius 1 is 0.857 bits per heavy atom. The summed E-state index contributed by atoms with van der Waals surface area (Å²) >= 11 is 0. The van der Waals surface area contributed by atoms with Crippen molar-refractivity contribution >= 4 is 0 Å². The topological polar surface area (TPSA) is 58.9 Å². The Hall–Kier alpha value is -0.160. The molecule has 2 atom stereocenters. The fourth-order valence-electron chi connectivity index (χ4n) is 1.21. The molecule has 14 heavy (non-hydrogen) atoms. The lowest BCUT2D eigenvalue weighted by Crippen LogP contribution is -2.57. The van der Waals surface area contributed by atoms with E-state index in [1.807, 2.05) is 27.7 Å². The maximum Gasteiger partial charge on any atom is 0.192 e. The van der Waals surface area contributed by atoms with Crippen molar-refractivity contribution in [1.29, 1.82) is 0 Å². The number of aliphatic hydroxyl groups is 2. The minimum atomic E-state index is -1.26. The maximum absolute atomic E-state index is 9.90. The van der Waals surface area contributed by atoms with Crippen LogP contribution in [0.25, 0.3) is 0 Å². The van der Waals surface area contributed by atoms with Gasteiger partial charge in [0.1, 0.15) is 13.2 Å². The standard InChI is InChI=1S/C10H20O4/c1-7(2)9(11)5-14-10(12,6-13-9)8(3)4/h7-8,11-12H,5-6H2,1-4H3. The highest BCUT2D eigenvalue weighted by Gasteiger charge is 2.45. The predicted molar refractivity (Wildman–Crippen MR) is 51.5 cm³/mol. The molecule has 4 heteroatoms. The Bertz CT molecular complexity index is 170. The third-order valence-corrected chi connectivity index (χ3v) is 2.86. The van der Waals surface area contributed by atoms with Gasteiger partial charge < -0.3 is 19.7 Å². The zero-order valence-electron chi connectivity index (χ0n) is 9.28. The van der Waals surface area contributed by atoms with Crippen molar-refractivity contribution in [3.63, 3.8) is 0 Å². The highest BCUT2D eigenvalue weighted by Crippen LogP contribution is 2.31. The van der Waals surface area contributed by atoms with Crippen LogP contribution in [-0.2, 0) is 9.47 Å². The second-order valence-electron chi connectivity index (χ2n) is 4.58. The van der Waals surface area contributed by atoms with Crippen molar-refractivity contribution in [3.8, 4) is 0 Å². The normalized spacial score (nSPS) is 39.4. The molecular formula is C10H20O4. The van der Waals surface area contributed by atoms with Gasteiger partial charge in [0, 0.05) is 11.8 Å². The van der Waals surface area contributed by atoms with Gasteiger partial charge in [-0.3, -0.25) is 0 Å². The van der Waals surface area contributed by atoms with Crippen LogP contribution in [0, 0.1) is 11.8 Å². The van der Waals surface area contributed by atoms with Crippen LogP contribution >= 0.6 is 0 Å². The second-order valence-corrected chi connectivity index (χ2v) is 4.58. The molecule has 1 rings (SSSR count). The molecule has 1 aliphatic rings. The van der Waals surface area contributed by atoms with Gasteiger partial charge in [-0.05, 0) is 0 Å². The number of ether oxygens (including phenoxy) is 2. The molecule has 4 nitrogen and oxygen atoms in total. The van der Waals surface area contributed by atoms with E-state index in [1.165, 1.54) is 0 Å². The first-order chi connectivity index (χ1) is 6.30. The van der Waals surface area contributed by atoms with E-state index in [2.05, 4.69) is 0 Å². The predicted octanol–water partition coefficient (Wildman–Crippen LogP) is 0.722. The van der Waals surface area contributed by atoms with Crippen molar-refractivity contribution in [3.05, 3.63) is 0 Å². The van der Waals surface area contributed by atoms with Crippen LogP contribution in [-0.4, -0.2) is 35.0 Å². The Labute approximate surface area is 84.8 Å². The van der Waals surface area contributed by atoms with Gasteiger partial charge >= 0.3 is 0 Å². The lowest BCUT2D eigenvalue weighted by Gasteiger charge is -2.44. The fourth-order valence-corrected chi connectivity index (χ4v) is 1.21. The Balaban J connectivity index is 2.62. The van der Waals surface area contributed by atoms with E-state index in [-0.39, 0.29) is 25.0 Å². The van der Waals surface area contributed by atoms with Gasteiger partial charge in [-0.2, -0.15) is 0 Å². The van der Waals surface area contributed by atoms with Crippen LogP contribution < -0.4 is 0 Å². The largest absolute Gasteiger partial charge is 0.363 e. The quantitative estimate of drug-likeness (QED) is 0.696. The van der Waals surface area contributed by atoms with Gasteiger partial charge in [-0.25, -0.2) is 0 Å². The molecule has 0 aliphatic carbocycles. The SMILES string of the molecule is CC(C)C1(O)COC(O)(C(C)C)CO1. The molecule has 0 aromatic carbocycles. The van der Waals surface area contributed by atoms with E-state index >= 15 is 0 Å². The fraction of sp³-hybridized carbons (Fsp3) is 1.00. The molecule has 0 spiro atoms. The summed E-state index contributed by atoms with van der Waals surface area (Å²) in [5.41, 5.74) is 0. The summed E-state index contributed by atoms with van der Waals surface area (Å²) in [6, 6.07) is 0. The van der Waals surface area contributed by atoms with Crippen LogP contribution in [0.3, 0.4) is 0 Å². The summed E-state index contributed by atoms with van der Waals surface area (Å²) in [5.74, 6) is -2.64. The minimum Gasteiger partial charge on any atom is -0.363 e. The van der Waals surface area contributed by atoms with Crippen LogP contribution in [0.15, 0.2) is 0 Å². The lowest BCUT2D eigenvalue weighted by molar-refractivity contribution is -0.387. The van der Waals surface area contributed by atoms with Crippen molar-refractivity contribution in [2.75, 3.05) is 13.2 Å². The molecule has 1 heterocycles. The number of rotatable bonds is 2. The first-order valence-corrected chi connectivity index (χ1v) is 5.03. The third-order valence-electron chi connectivity index (χ3n) is 2.86. The summed E-state index contributed by atoms with van der Waals surface area (Å²) < 4.78 is 10.6. The third kappa shape index (κ3) is 2.08. The first-order valence-electron chi connectivity index (χ1n) is 5.03. The zero-order valence-corrected chi connectivity index (χ0v) is 9.28. The first kappa shape index (κ1) is 11.9. The summed E-state index contributed by atoms with van der Waals surface area (Å²) in [7, 11) is 0. The summed E-state index contributed by atoms with van der Waals surface area (Å²) in [5, 5.41) is 19.8. The molecule has 1 saturated heterocycles. The van der Waals surface area contributed by atoms with Gasteiger partial charge in [0.2, 0.25) is 0 Å². The molecule has 0 amide bonds.